The first-order chi connectivity index (χ1) is 12.1. The van der Waals surface area contributed by atoms with Crippen molar-refractivity contribution >= 4 is 27.3 Å². The molecule has 126 valence electrons. The van der Waals surface area contributed by atoms with Crippen LogP contribution in [0.5, 0.6) is 0 Å². The number of hydrogen-bond donors (Lipinski definition) is 0. The van der Waals surface area contributed by atoms with Crippen molar-refractivity contribution in [3.05, 3.63) is 62.2 Å². The van der Waals surface area contributed by atoms with E-state index in [4.69, 9.17) is 9.05 Å². The van der Waals surface area contributed by atoms with E-state index in [2.05, 4.69) is 31.2 Å². The summed E-state index contributed by atoms with van der Waals surface area (Å²) in [5, 5.41) is 9.80. The standard InChI is InChI=1S/C16H11BrN4O3S/c1-9-4-2-3-5-11(9)15-20-24-16(22)21(15)7-13-18-14(19-23-13)12-6-10(17)8-25-12/h2-6,8H,7H2,1H3. The minimum atomic E-state index is -0.572. The monoisotopic (exact) mass is 418 g/mol. The van der Waals surface area contributed by atoms with Gasteiger partial charge in [-0.2, -0.15) is 4.98 Å². The van der Waals surface area contributed by atoms with Gasteiger partial charge in [-0.3, -0.25) is 4.52 Å². The van der Waals surface area contributed by atoms with Gasteiger partial charge in [0.2, 0.25) is 11.7 Å². The Hall–Kier alpha value is -2.52. The molecule has 0 atom stereocenters. The van der Waals surface area contributed by atoms with Crippen molar-refractivity contribution in [2.24, 2.45) is 0 Å². The Kier molecular flexibility index (Phi) is 4.10. The van der Waals surface area contributed by atoms with Gasteiger partial charge in [-0.05, 0) is 34.5 Å². The lowest BCUT2D eigenvalue weighted by Crippen LogP contribution is -2.16. The molecule has 9 heteroatoms. The number of benzene rings is 1. The van der Waals surface area contributed by atoms with Crippen LogP contribution in [-0.2, 0) is 6.54 Å². The van der Waals surface area contributed by atoms with E-state index in [1.807, 2.05) is 42.6 Å². The molecule has 4 rings (SSSR count). The average molecular weight is 419 g/mol. The molecule has 0 spiro atoms. The summed E-state index contributed by atoms with van der Waals surface area (Å²) in [6, 6.07) is 9.53. The maximum atomic E-state index is 12.0. The summed E-state index contributed by atoms with van der Waals surface area (Å²) < 4.78 is 12.4. The van der Waals surface area contributed by atoms with Gasteiger partial charge in [0.15, 0.2) is 5.82 Å². The Morgan fingerprint density at radius 2 is 2.08 bits per heavy atom. The lowest BCUT2D eigenvalue weighted by Gasteiger charge is -2.04. The van der Waals surface area contributed by atoms with Gasteiger partial charge in [-0.1, -0.05) is 34.6 Å². The van der Waals surface area contributed by atoms with Gasteiger partial charge in [-0.25, -0.2) is 9.36 Å². The zero-order chi connectivity index (χ0) is 17.4. The highest BCUT2D eigenvalue weighted by Gasteiger charge is 2.18. The van der Waals surface area contributed by atoms with Gasteiger partial charge >= 0.3 is 5.76 Å². The second kappa shape index (κ2) is 6.41. The molecule has 7 nitrogen and oxygen atoms in total. The summed E-state index contributed by atoms with van der Waals surface area (Å²) in [5.74, 6) is 0.644. The van der Waals surface area contributed by atoms with Crippen LogP contribution in [0, 0.1) is 6.92 Å². The van der Waals surface area contributed by atoms with Crippen molar-refractivity contribution in [2.45, 2.75) is 13.5 Å². The van der Waals surface area contributed by atoms with E-state index >= 15 is 0 Å². The molecule has 25 heavy (non-hydrogen) atoms. The van der Waals surface area contributed by atoms with Gasteiger partial charge in [0, 0.05) is 15.4 Å². The van der Waals surface area contributed by atoms with Crippen molar-refractivity contribution in [1.29, 1.82) is 0 Å². The fraction of sp³-hybridized carbons (Fsp3) is 0.125. The molecule has 0 unspecified atom stereocenters. The number of aromatic nitrogens is 4. The van der Waals surface area contributed by atoms with Crippen molar-refractivity contribution in [1.82, 2.24) is 19.9 Å². The van der Waals surface area contributed by atoms with Crippen LogP contribution in [0.2, 0.25) is 0 Å². The highest BCUT2D eigenvalue weighted by molar-refractivity contribution is 9.10. The Labute approximate surface area is 154 Å². The van der Waals surface area contributed by atoms with Crippen LogP contribution in [0.15, 0.2) is 54.0 Å². The first kappa shape index (κ1) is 16.0. The van der Waals surface area contributed by atoms with E-state index in [0.717, 1.165) is 20.5 Å². The van der Waals surface area contributed by atoms with Crippen molar-refractivity contribution < 1.29 is 9.05 Å². The molecule has 1 aromatic carbocycles. The van der Waals surface area contributed by atoms with Crippen molar-refractivity contribution in [3.8, 4) is 22.1 Å². The molecule has 0 aliphatic carbocycles. The van der Waals surface area contributed by atoms with E-state index in [1.165, 1.54) is 15.9 Å². The van der Waals surface area contributed by atoms with E-state index in [9.17, 15) is 4.79 Å². The van der Waals surface area contributed by atoms with E-state index in [1.54, 1.807) is 0 Å². The molecule has 0 fully saturated rings. The Bertz CT molecular complexity index is 1090. The van der Waals surface area contributed by atoms with Gasteiger partial charge in [-0.15, -0.1) is 11.3 Å². The fourth-order valence-electron chi connectivity index (χ4n) is 2.41. The second-order valence-corrected chi connectivity index (χ2v) is 7.14. The molecule has 0 aliphatic heterocycles. The van der Waals surface area contributed by atoms with E-state index in [-0.39, 0.29) is 6.54 Å². The predicted octanol–water partition coefficient (Wildman–Crippen LogP) is 3.73. The van der Waals surface area contributed by atoms with Crippen LogP contribution >= 0.6 is 27.3 Å². The van der Waals surface area contributed by atoms with Crippen LogP contribution < -0.4 is 5.76 Å². The highest BCUT2D eigenvalue weighted by atomic mass is 79.9. The molecule has 4 aromatic rings. The van der Waals surface area contributed by atoms with E-state index < -0.39 is 5.76 Å². The smallest absolute Gasteiger partial charge is 0.337 e. The summed E-state index contributed by atoms with van der Waals surface area (Å²) >= 11 is 4.89. The van der Waals surface area contributed by atoms with Gasteiger partial charge in [0.25, 0.3) is 0 Å². The molecule has 0 aliphatic rings. The highest BCUT2D eigenvalue weighted by Crippen LogP contribution is 2.28. The van der Waals surface area contributed by atoms with Crippen molar-refractivity contribution in [2.75, 3.05) is 0 Å². The summed E-state index contributed by atoms with van der Waals surface area (Å²) in [7, 11) is 0. The Balaban J connectivity index is 1.68. The number of aryl methyl sites for hydroxylation is 1. The quantitative estimate of drug-likeness (QED) is 0.501. The molecule has 0 amide bonds. The van der Waals surface area contributed by atoms with Crippen LogP contribution in [0.3, 0.4) is 0 Å². The summed E-state index contributed by atoms with van der Waals surface area (Å²) in [5.41, 5.74) is 1.80. The molecular formula is C16H11BrN4O3S. The number of halogens is 1. The number of thiophene rings is 1. The van der Waals surface area contributed by atoms with E-state index in [0.29, 0.717) is 17.5 Å². The van der Waals surface area contributed by atoms with Crippen LogP contribution in [0.1, 0.15) is 11.5 Å². The van der Waals surface area contributed by atoms with Crippen LogP contribution in [0.4, 0.5) is 0 Å². The van der Waals surface area contributed by atoms with Crippen LogP contribution in [0.25, 0.3) is 22.1 Å². The topological polar surface area (TPSA) is 87.0 Å². The molecule has 0 radical (unpaired) electrons. The Morgan fingerprint density at radius 3 is 2.84 bits per heavy atom. The molecule has 3 aromatic heterocycles. The molecule has 0 saturated heterocycles. The average Bonchev–Trinajstić information content (AvgIpc) is 3.31. The first-order valence-electron chi connectivity index (χ1n) is 7.31. The lowest BCUT2D eigenvalue weighted by molar-refractivity contribution is 0.354. The summed E-state index contributed by atoms with van der Waals surface area (Å²) in [4.78, 5) is 17.3. The maximum Gasteiger partial charge on any atom is 0.442 e. The third-order valence-corrected chi connectivity index (χ3v) is 5.31. The third kappa shape index (κ3) is 3.08. The maximum absolute atomic E-state index is 12.0. The molecule has 0 N–H and O–H groups in total. The lowest BCUT2D eigenvalue weighted by atomic mass is 10.1. The first-order valence-corrected chi connectivity index (χ1v) is 8.98. The van der Waals surface area contributed by atoms with Gasteiger partial charge in [0.1, 0.15) is 6.54 Å². The zero-order valence-electron chi connectivity index (χ0n) is 13.0. The summed E-state index contributed by atoms with van der Waals surface area (Å²) in [6.45, 7) is 2.03. The second-order valence-electron chi connectivity index (χ2n) is 5.31. The van der Waals surface area contributed by atoms with Crippen LogP contribution in [-0.4, -0.2) is 19.9 Å². The minimum absolute atomic E-state index is 0.0888. The Morgan fingerprint density at radius 1 is 1.24 bits per heavy atom. The third-order valence-electron chi connectivity index (χ3n) is 3.62. The van der Waals surface area contributed by atoms with Gasteiger partial charge in [0.05, 0.1) is 4.88 Å². The molecule has 0 saturated carbocycles. The number of hydrogen-bond acceptors (Lipinski definition) is 7. The predicted molar refractivity (Wildman–Crippen MR) is 95.3 cm³/mol. The molecule has 3 heterocycles. The number of nitrogens with zero attached hydrogens (tertiary/aromatic N) is 4. The molecular weight excluding hydrogens is 408 g/mol. The number of rotatable bonds is 4. The van der Waals surface area contributed by atoms with Crippen molar-refractivity contribution in [3.63, 3.8) is 0 Å². The normalized spacial score (nSPS) is 11.1. The zero-order valence-corrected chi connectivity index (χ0v) is 15.4. The summed E-state index contributed by atoms with van der Waals surface area (Å²) in [6.07, 6.45) is 0. The minimum Gasteiger partial charge on any atom is -0.337 e. The largest absolute Gasteiger partial charge is 0.442 e. The fourth-order valence-corrected chi connectivity index (χ4v) is 3.76. The SMILES string of the molecule is Cc1ccccc1-c1noc(=O)n1Cc1nc(-c2cc(Br)cs2)no1. The molecule has 0 bridgehead atoms. The van der Waals surface area contributed by atoms with Gasteiger partial charge < -0.3 is 4.52 Å².